The van der Waals surface area contributed by atoms with E-state index in [9.17, 15) is 0 Å². The van der Waals surface area contributed by atoms with Gasteiger partial charge >= 0.3 is 0 Å². The van der Waals surface area contributed by atoms with Crippen LogP contribution in [-0.4, -0.2) is 50.3 Å². The Morgan fingerprint density at radius 2 is 1.95 bits per heavy atom. The smallest absolute Gasteiger partial charge is 0.0625 e. The Kier molecular flexibility index (Phi) is 4.21. The van der Waals surface area contributed by atoms with Gasteiger partial charge in [-0.2, -0.15) is 0 Å². The van der Waals surface area contributed by atoms with E-state index in [1.54, 1.807) is 0 Å². The van der Waals surface area contributed by atoms with Gasteiger partial charge in [-0.25, -0.2) is 0 Å². The topological polar surface area (TPSA) is 24.5 Å². The summed E-state index contributed by atoms with van der Waals surface area (Å²) >= 11 is 0. The van der Waals surface area contributed by atoms with Gasteiger partial charge in [0.15, 0.2) is 0 Å². The van der Waals surface area contributed by atoms with E-state index in [0.717, 1.165) is 19.1 Å². The maximum Gasteiger partial charge on any atom is 0.0625 e. The molecule has 0 saturated carbocycles. The molecule has 0 unspecified atom stereocenters. The van der Waals surface area contributed by atoms with Crippen LogP contribution in [0.15, 0.2) is 30.3 Å². The van der Waals surface area contributed by atoms with Crippen LogP contribution in [0.3, 0.4) is 0 Å². The highest BCUT2D eigenvalue weighted by Crippen LogP contribution is 2.49. The molecule has 0 aliphatic carbocycles. The summed E-state index contributed by atoms with van der Waals surface area (Å²) < 4.78 is 5.87. The molecule has 3 heteroatoms. The van der Waals surface area contributed by atoms with Crippen molar-refractivity contribution in [2.75, 3.05) is 39.4 Å². The molecule has 120 valence electrons. The average molecular weight is 300 g/mol. The summed E-state index contributed by atoms with van der Waals surface area (Å²) in [6, 6.07) is 11.6. The van der Waals surface area contributed by atoms with Crippen molar-refractivity contribution in [3.05, 3.63) is 35.9 Å². The lowest BCUT2D eigenvalue weighted by molar-refractivity contribution is 0.0861. The van der Waals surface area contributed by atoms with E-state index >= 15 is 0 Å². The standard InChI is InChI=1S/C19H28N2O/c1-2-5-16(6-3-1)7-4-12-21-15-19(8-10-20-11-9-19)17-13-22-14-18(17)21/h1-3,5-6,17-18,20H,4,7-15H2/t17-,18+/m0/s1. The number of rotatable bonds is 4. The minimum Gasteiger partial charge on any atom is -0.379 e. The molecule has 0 aromatic heterocycles. The summed E-state index contributed by atoms with van der Waals surface area (Å²) in [6.07, 6.45) is 5.14. The summed E-state index contributed by atoms with van der Waals surface area (Å²) in [4.78, 5) is 2.76. The molecule has 1 aromatic rings. The summed E-state index contributed by atoms with van der Waals surface area (Å²) in [6.45, 7) is 6.89. The first-order chi connectivity index (χ1) is 10.9. The molecule has 2 atom stereocenters. The number of hydrogen-bond acceptors (Lipinski definition) is 3. The summed E-state index contributed by atoms with van der Waals surface area (Å²) in [5.74, 6) is 0.784. The van der Waals surface area contributed by atoms with E-state index in [-0.39, 0.29) is 0 Å². The Bertz CT molecular complexity index is 483. The number of nitrogens with one attached hydrogen (secondary N) is 1. The van der Waals surface area contributed by atoms with E-state index in [4.69, 9.17) is 4.74 Å². The van der Waals surface area contributed by atoms with Gasteiger partial charge in [-0.1, -0.05) is 30.3 Å². The third kappa shape index (κ3) is 2.70. The first kappa shape index (κ1) is 14.7. The predicted octanol–water partition coefficient (Wildman–Crippen LogP) is 2.32. The highest BCUT2D eigenvalue weighted by molar-refractivity contribution is 5.14. The van der Waals surface area contributed by atoms with Gasteiger partial charge in [0.25, 0.3) is 0 Å². The second kappa shape index (κ2) is 6.31. The number of fused-ring (bicyclic) bond motifs is 2. The van der Waals surface area contributed by atoms with E-state index in [1.807, 2.05) is 0 Å². The summed E-state index contributed by atoms with van der Waals surface area (Å²) in [5.41, 5.74) is 2.01. The van der Waals surface area contributed by atoms with Gasteiger partial charge in [0.1, 0.15) is 0 Å². The molecule has 1 spiro atoms. The molecule has 3 fully saturated rings. The normalized spacial score (nSPS) is 30.7. The monoisotopic (exact) mass is 300 g/mol. The van der Waals surface area contributed by atoms with Crippen LogP contribution < -0.4 is 5.32 Å². The number of hydrogen-bond donors (Lipinski definition) is 1. The first-order valence-corrected chi connectivity index (χ1v) is 8.94. The summed E-state index contributed by atoms with van der Waals surface area (Å²) in [5, 5.41) is 3.54. The lowest BCUT2D eigenvalue weighted by atomic mass is 9.70. The predicted molar refractivity (Wildman–Crippen MR) is 89.0 cm³/mol. The van der Waals surface area contributed by atoms with E-state index < -0.39 is 0 Å². The minimum atomic E-state index is 0.541. The van der Waals surface area contributed by atoms with Gasteiger partial charge in [0.2, 0.25) is 0 Å². The third-order valence-corrected chi connectivity index (χ3v) is 6.18. The van der Waals surface area contributed by atoms with Gasteiger partial charge in [0, 0.05) is 18.5 Å². The average Bonchev–Trinajstić information content (AvgIpc) is 3.14. The first-order valence-electron chi connectivity index (χ1n) is 8.94. The fourth-order valence-corrected chi connectivity index (χ4v) is 4.96. The highest BCUT2D eigenvalue weighted by atomic mass is 16.5. The Labute approximate surface area is 134 Å². The van der Waals surface area contributed by atoms with Crippen LogP contribution in [0.25, 0.3) is 0 Å². The molecule has 0 amide bonds. The van der Waals surface area contributed by atoms with Crippen molar-refractivity contribution >= 4 is 0 Å². The van der Waals surface area contributed by atoms with E-state index in [2.05, 4.69) is 40.5 Å². The van der Waals surface area contributed by atoms with Crippen LogP contribution in [-0.2, 0) is 11.2 Å². The maximum absolute atomic E-state index is 5.87. The Hall–Kier alpha value is -0.900. The van der Waals surface area contributed by atoms with Gasteiger partial charge in [-0.15, -0.1) is 0 Å². The highest BCUT2D eigenvalue weighted by Gasteiger charge is 2.54. The molecule has 3 nitrogen and oxygen atoms in total. The second-order valence-electron chi connectivity index (χ2n) is 7.38. The molecule has 1 aromatic carbocycles. The zero-order valence-electron chi connectivity index (χ0n) is 13.5. The Morgan fingerprint density at radius 1 is 1.14 bits per heavy atom. The van der Waals surface area contributed by atoms with Gasteiger partial charge < -0.3 is 10.1 Å². The number of benzene rings is 1. The van der Waals surface area contributed by atoms with Crippen LogP contribution in [0.4, 0.5) is 0 Å². The van der Waals surface area contributed by atoms with Gasteiger partial charge in [0.05, 0.1) is 13.2 Å². The van der Waals surface area contributed by atoms with E-state index in [0.29, 0.717) is 11.5 Å². The molecule has 4 rings (SSSR count). The number of nitrogens with zero attached hydrogens (tertiary/aromatic N) is 1. The second-order valence-corrected chi connectivity index (χ2v) is 7.38. The number of ether oxygens (including phenoxy) is 1. The molecular formula is C19H28N2O. The third-order valence-electron chi connectivity index (χ3n) is 6.18. The van der Waals surface area contributed by atoms with Crippen LogP contribution in [0.5, 0.6) is 0 Å². The molecule has 3 aliphatic rings. The molecule has 3 heterocycles. The number of aryl methyl sites for hydroxylation is 1. The van der Waals surface area contributed by atoms with Crippen molar-refractivity contribution in [2.24, 2.45) is 11.3 Å². The van der Waals surface area contributed by atoms with Gasteiger partial charge in [-0.05, 0) is 56.3 Å². The fourth-order valence-electron chi connectivity index (χ4n) is 4.96. The zero-order chi connectivity index (χ0) is 14.8. The maximum atomic E-state index is 5.87. The quantitative estimate of drug-likeness (QED) is 0.923. The van der Waals surface area contributed by atoms with Gasteiger partial charge in [-0.3, -0.25) is 4.90 Å². The largest absolute Gasteiger partial charge is 0.379 e. The van der Waals surface area contributed by atoms with E-state index in [1.165, 1.54) is 57.4 Å². The number of likely N-dealkylation sites (tertiary alicyclic amines) is 1. The Balaban J connectivity index is 1.37. The molecule has 3 aliphatic heterocycles. The van der Waals surface area contributed by atoms with Crippen LogP contribution in [0, 0.1) is 11.3 Å². The number of piperidine rings is 1. The Morgan fingerprint density at radius 3 is 2.77 bits per heavy atom. The molecule has 0 bridgehead atoms. The molecule has 22 heavy (non-hydrogen) atoms. The van der Waals surface area contributed by atoms with Crippen molar-refractivity contribution in [2.45, 2.75) is 31.7 Å². The van der Waals surface area contributed by atoms with Crippen molar-refractivity contribution in [3.8, 4) is 0 Å². The summed E-state index contributed by atoms with van der Waals surface area (Å²) in [7, 11) is 0. The molecular weight excluding hydrogens is 272 g/mol. The minimum absolute atomic E-state index is 0.541. The molecule has 3 saturated heterocycles. The van der Waals surface area contributed by atoms with Crippen molar-refractivity contribution < 1.29 is 4.74 Å². The van der Waals surface area contributed by atoms with Crippen molar-refractivity contribution in [1.29, 1.82) is 0 Å². The van der Waals surface area contributed by atoms with Crippen LogP contribution in [0.2, 0.25) is 0 Å². The van der Waals surface area contributed by atoms with Crippen molar-refractivity contribution in [3.63, 3.8) is 0 Å². The van der Waals surface area contributed by atoms with Crippen LogP contribution >= 0.6 is 0 Å². The fraction of sp³-hybridized carbons (Fsp3) is 0.684. The molecule has 1 N–H and O–H groups in total. The zero-order valence-corrected chi connectivity index (χ0v) is 13.5. The SMILES string of the molecule is c1ccc(CCCN2CC3(CCNCC3)[C@H]3COC[C@H]32)cc1. The lowest BCUT2D eigenvalue weighted by Crippen LogP contribution is -2.42. The van der Waals surface area contributed by atoms with Crippen molar-refractivity contribution in [1.82, 2.24) is 10.2 Å². The lowest BCUT2D eigenvalue weighted by Gasteiger charge is -2.37. The van der Waals surface area contributed by atoms with Crippen LogP contribution in [0.1, 0.15) is 24.8 Å². The molecule has 0 radical (unpaired) electrons.